The first-order valence-electron chi connectivity index (χ1n) is 9.31. The van der Waals surface area contributed by atoms with Crippen molar-refractivity contribution in [3.05, 3.63) is 35.4 Å². The zero-order valence-electron chi connectivity index (χ0n) is 15.6. The first-order chi connectivity index (χ1) is 12.5. The van der Waals surface area contributed by atoms with Gasteiger partial charge in [0.2, 0.25) is 0 Å². The van der Waals surface area contributed by atoms with Crippen LogP contribution in [0.4, 0.5) is 0 Å². The molecule has 2 amide bonds. The third kappa shape index (κ3) is 5.58. The quantitative estimate of drug-likeness (QED) is 0.758. The molecule has 0 bridgehead atoms. The van der Waals surface area contributed by atoms with Crippen molar-refractivity contribution in [1.29, 1.82) is 0 Å². The van der Waals surface area contributed by atoms with Crippen molar-refractivity contribution in [2.45, 2.75) is 52.0 Å². The fraction of sp³-hybridized carbons (Fsp3) is 0.550. The van der Waals surface area contributed by atoms with Gasteiger partial charge >= 0.3 is 5.97 Å². The van der Waals surface area contributed by atoms with Crippen LogP contribution in [0, 0.1) is 6.92 Å². The molecule has 6 nitrogen and oxygen atoms in total. The zero-order valence-corrected chi connectivity index (χ0v) is 15.6. The highest BCUT2D eigenvalue weighted by atomic mass is 16.5. The Bertz CT molecular complexity index is 644. The second kappa shape index (κ2) is 9.94. The van der Waals surface area contributed by atoms with E-state index < -0.39 is 5.97 Å². The third-order valence-electron chi connectivity index (χ3n) is 4.78. The predicted octanol–water partition coefficient (Wildman–Crippen LogP) is 2.45. The van der Waals surface area contributed by atoms with Gasteiger partial charge in [-0.3, -0.25) is 14.4 Å². The van der Waals surface area contributed by atoms with Crippen molar-refractivity contribution in [2.24, 2.45) is 0 Å². The number of carbonyl (C=O) groups excluding carboxylic acids is 3. The van der Waals surface area contributed by atoms with E-state index in [2.05, 4.69) is 12.2 Å². The van der Waals surface area contributed by atoms with E-state index in [1.807, 2.05) is 24.0 Å². The molecule has 1 heterocycles. The third-order valence-corrected chi connectivity index (χ3v) is 4.78. The van der Waals surface area contributed by atoms with Crippen LogP contribution in [0.15, 0.2) is 24.3 Å². The van der Waals surface area contributed by atoms with E-state index in [4.69, 9.17) is 4.74 Å². The number of hydrogen-bond donors (Lipinski definition) is 1. The van der Waals surface area contributed by atoms with Gasteiger partial charge in [-0.25, -0.2) is 0 Å². The van der Waals surface area contributed by atoms with Crippen LogP contribution < -0.4 is 5.32 Å². The molecule has 0 radical (unpaired) electrons. The lowest BCUT2D eigenvalue weighted by Gasteiger charge is -2.35. The summed E-state index contributed by atoms with van der Waals surface area (Å²) < 4.78 is 5.08. The van der Waals surface area contributed by atoms with Gasteiger partial charge in [-0.2, -0.15) is 0 Å². The number of nitrogens with zero attached hydrogens (tertiary/aromatic N) is 1. The van der Waals surface area contributed by atoms with Crippen molar-refractivity contribution < 1.29 is 19.1 Å². The molecule has 0 spiro atoms. The number of piperidine rings is 1. The molecule has 0 aliphatic carbocycles. The first kappa shape index (κ1) is 19.9. The minimum Gasteiger partial charge on any atom is -0.456 e. The zero-order chi connectivity index (χ0) is 18.9. The van der Waals surface area contributed by atoms with E-state index in [-0.39, 0.29) is 37.4 Å². The van der Waals surface area contributed by atoms with Gasteiger partial charge in [-0.05, 0) is 44.2 Å². The summed E-state index contributed by atoms with van der Waals surface area (Å²) in [6.45, 7) is 4.63. The number of hydrogen-bond acceptors (Lipinski definition) is 4. The molecule has 6 heteroatoms. The smallest absolute Gasteiger partial charge is 0.308 e. The first-order valence-corrected chi connectivity index (χ1v) is 9.31. The summed E-state index contributed by atoms with van der Waals surface area (Å²) in [5.74, 6) is -0.826. The summed E-state index contributed by atoms with van der Waals surface area (Å²) in [5, 5.41) is 2.70. The molecule has 26 heavy (non-hydrogen) atoms. The molecule has 1 aromatic carbocycles. The van der Waals surface area contributed by atoms with Crippen LogP contribution in [-0.4, -0.2) is 48.4 Å². The number of esters is 1. The summed E-state index contributed by atoms with van der Waals surface area (Å²) in [4.78, 5) is 38.0. The standard InChI is InChI=1S/C20H28N2O4/c1-3-16-9-6-7-13-22(16)18(23)14-26-19(24)11-12-21-20(25)17-10-5-4-8-15(17)2/h4-5,8,10,16H,3,6-7,9,11-14H2,1-2H3,(H,21,25). The van der Waals surface area contributed by atoms with Gasteiger partial charge in [0.05, 0.1) is 6.42 Å². The van der Waals surface area contributed by atoms with E-state index in [0.29, 0.717) is 5.56 Å². The largest absolute Gasteiger partial charge is 0.456 e. The van der Waals surface area contributed by atoms with Crippen LogP contribution in [0.5, 0.6) is 0 Å². The Kier molecular flexibility index (Phi) is 7.63. The molecule has 142 valence electrons. The molecule has 1 fully saturated rings. The topological polar surface area (TPSA) is 75.7 Å². The molecule has 1 aliphatic rings. The summed E-state index contributed by atoms with van der Waals surface area (Å²) in [6, 6.07) is 7.52. The van der Waals surface area contributed by atoms with Crippen LogP contribution in [0.1, 0.15) is 54.9 Å². The second-order valence-corrected chi connectivity index (χ2v) is 6.63. The Morgan fingerprint density at radius 1 is 1.23 bits per heavy atom. The van der Waals surface area contributed by atoms with Gasteiger partial charge in [0.1, 0.15) is 0 Å². The Morgan fingerprint density at radius 2 is 2.00 bits per heavy atom. The van der Waals surface area contributed by atoms with Crippen LogP contribution >= 0.6 is 0 Å². The Balaban J connectivity index is 1.69. The number of benzene rings is 1. The molecular formula is C20H28N2O4. The molecule has 1 unspecified atom stereocenters. The Hall–Kier alpha value is -2.37. The van der Waals surface area contributed by atoms with Crippen LogP contribution in [-0.2, 0) is 14.3 Å². The highest BCUT2D eigenvalue weighted by Crippen LogP contribution is 2.19. The SMILES string of the molecule is CCC1CCCCN1C(=O)COC(=O)CCNC(=O)c1ccccc1C. The summed E-state index contributed by atoms with van der Waals surface area (Å²) in [5.41, 5.74) is 1.47. The van der Waals surface area contributed by atoms with E-state index >= 15 is 0 Å². The minimum absolute atomic E-state index is 0.0438. The molecular weight excluding hydrogens is 332 g/mol. The van der Waals surface area contributed by atoms with Crippen molar-refractivity contribution in [3.8, 4) is 0 Å². The summed E-state index contributed by atoms with van der Waals surface area (Å²) in [6.07, 6.45) is 4.12. The molecule has 0 saturated carbocycles. The van der Waals surface area contributed by atoms with E-state index in [1.165, 1.54) is 0 Å². The van der Waals surface area contributed by atoms with E-state index in [0.717, 1.165) is 37.8 Å². The second-order valence-electron chi connectivity index (χ2n) is 6.63. The monoisotopic (exact) mass is 360 g/mol. The maximum absolute atomic E-state index is 12.3. The fourth-order valence-corrected chi connectivity index (χ4v) is 3.25. The normalized spacial score (nSPS) is 16.8. The number of ether oxygens (including phenoxy) is 1. The fourth-order valence-electron chi connectivity index (χ4n) is 3.25. The van der Waals surface area contributed by atoms with Crippen LogP contribution in [0.3, 0.4) is 0 Å². The van der Waals surface area contributed by atoms with Gasteiger partial charge in [0.15, 0.2) is 6.61 Å². The number of nitrogens with one attached hydrogen (secondary N) is 1. The molecule has 2 rings (SSSR count). The minimum atomic E-state index is -0.478. The number of rotatable bonds is 7. The predicted molar refractivity (Wildman–Crippen MR) is 98.7 cm³/mol. The van der Waals surface area contributed by atoms with Crippen molar-refractivity contribution in [1.82, 2.24) is 10.2 Å². The maximum atomic E-state index is 12.3. The van der Waals surface area contributed by atoms with Crippen molar-refractivity contribution >= 4 is 17.8 Å². The average molecular weight is 360 g/mol. The summed E-state index contributed by atoms with van der Waals surface area (Å²) in [7, 11) is 0. The van der Waals surface area contributed by atoms with Crippen molar-refractivity contribution in [3.63, 3.8) is 0 Å². The van der Waals surface area contributed by atoms with Gasteiger partial charge in [0, 0.05) is 24.7 Å². The summed E-state index contributed by atoms with van der Waals surface area (Å²) >= 11 is 0. The molecule has 0 aromatic heterocycles. The highest BCUT2D eigenvalue weighted by molar-refractivity contribution is 5.95. The molecule has 1 aromatic rings. The molecule has 1 aliphatic heterocycles. The Morgan fingerprint density at radius 3 is 2.73 bits per heavy atom. The van der Waals surface area contributed by atoms with Gasteiger partial charge in [-0.1, -0.05) is 25.1 Å². The molecule has 1 atom stereocenters. The van der Waals surface area contributed by atoms with E-state index in [1.54, 1.807) is 12.1 Å². The molecule has 1 saturated heterocycles. The van der Waals surface area contributed by atoms with Gasteiger partial charge in [0.25, 0.3) is 11.8 Å². The number of carbonyl (C=O) groups is 3. The highest BCUT2D eigenvalue weighted by Gasteiger charge is 2.25. The number of aryl methyl sites for hydroxylation is 1. The number of likely N-dealkylation sites (tertiary alicyclic amines) is 1. The van der Waals surface area contributed by atoms with Crippen LogP contribution in [0.25, 0.3) is 0 Å². The lowest BCUT2D eigenvalue weighted by Crippen LogP contribution is -2.45. The lowest BCUT2D eigenvalue weighted by molar-refractivity contribution is -0.153. The average Bonchev–Trinajstić information content (AvgIpc) is 2.66. The number of amides is 2. The van der Waals surface area contributed by atoms with Crippen molar-refractivity contribution in [2.75, 3.05) is 19.7 Å². The maximum Gasteiger partial charge on any atom is 0.308 e. The van der Waals surface area contributed by atoms with Crippen LogP contribution in [0.2, 0.25) is 0 Å². The van der Waals surface area contributed by atoms with E-state index in [9.17, 15) is 14.4 Å². The molecule has 1 N–H and O–H groups in total. The Labute approximate surface area is 154 Å². The van der Waals surface area contributed by atoms with Gasteiger partial charge in [-0.15, -0.1) is 0 Å². The lowest BCUT2D eigenvalue weighted by atomic mass is 10.00. The van der Waals surface area contributed by atoms with Gasteiger partial charge < -0.3 is 15.0 Å².